The summed E-state index contributed by atoms with van der Waals surface area (Å²) in [5.41, 5.74) is 0. The molecule has 1 unspecified atom stereocenters. The second-order valence-corrected chi connectivity index (χ2v) is 5.27. The van der Waals surface area contributed by atoms with Gasteiger partial charge in [0.05, 0.1) is 12.7 Å². The van der Waals surface area contributed by atoms with Crippen LogP contribution in [0.2, 0.25) is 0 Å². The molecule has 100 valence electrons. The number of rotatable bonds is 12. The average Bonchev–Trinajstić information content (AvgIpc) is 3.15. The minimum absolute atomic E-state index is 0.470. The normalized spacial score (nSPS) is 19.0. The molecule has 0 N–H and O–H groups in total. The maximum Gasteiger partial charge on any atom is 0.0991 e. The van der Waals surface area contributed by atoms with Crippen LogP contribution in [0, 0.1) is 0 Å². The number of epoxide rings is 1. The molecule has 1 heteroatoms. The van der Waals surface area contributed by atoms with Gasteiger partial charge in [0.2, 0.25) is 0 Å². The van der Waals surface area contributed by atoms with Gasteiger partial charge in [-0.05, 0) is 12.8 Å². The third-order valence-electron chi connectivity index (χ3n) is 3.43. The van der Waals surface area contributed by atoms with Crippen LogP contribution in [0.4, 0.5) is 0 Å². The Kier molecular flexibility index (Phi) is 9.40. The van der Waals surface area contributed by atoms with Gasteiger partial charge in [-0.15, -0.1) is 0 Å². The second-order valence-electron chi connectivity index (χ2n) is 5.27. The first-order valence-corrected chi connectivity index (χ1v) is 7.71. The Balaban J connectivity index is 1.66. The lowest BCUT2D eigenvalue weighted by molar-refractivity contribution is 0.439. The van der Waals surface area contributed by atoms with Gasteiger partial charge in [0.15, 0.2) is 0 Å². The van der Waals surface area contributed by atoms with Crippen molar-refractivity contribution in [3.8, 4) is 0 Å². The second kappa shape index (κ2) is 10.8. The van der Waals surface area contributed by atoms with Crippen LogP contribution in [0.1, 0.15) is 77.6 Å². The molecule has 1 fully saturated rings. The van der Waals surface area contributed by atoms with Crippen LogP contribution in [0.3, 0.4) is 0 Å². The van der Waals surface area contributed by atoms with Crippen LogP contribution < -0.4 is 0 Å². The van der Waals surface area contributed by atoms with Crippen LogP contribution in [0.25, 0.3) is 0 Å². The van der Waals surface area contributed by atoms with Crippen molar-refractivity contribution in [1.29, 1.82) is 0 Å². The highest BCUT2D eigenvalue weighted by Crippen LogP contribution is 2.13. The van der Waals surface area contributed by atoms with E-state index in [9.17, 15) is 0 Å². The maximum absolute atomic E-state index is 5.12. The summed E-state index contributed by atoms with van der Waals surface area (Å²) in [7, 11) is 0. The zero-order chi connectivity index (χ0) is 12.2. The number of hydrogen-bond acceptors (Lipinski definition) is 1. The SMILES string of the molecule is CCCCCCCCCCCCC=CC1CO1. The molecule has 0 aromatic rings. The van der Waals surface area contributed by atoms with Crippen molar-refractivity contribution in [1.82, 2.24) is 0 Å². The summed E-state index contributed by atoms with van der Waals surface area (Å²) in [6.45, 7) is 3.23. The van der Waals surface area contributed by atoms with Crippen molar-refractivity contribution in [2.24, 2.45) is 0 Å². The highest BCUT2D eigenvalue weighted by Gasteiger charge is 2.17. The summed E-state index contributed by atoms with van der Waals surface area (Å²) in [5, 5.41) is 0. The lowest BCUT2D eigenvalue weighted by atomic mass is 10.1. The van der Waals surface area contributed by atoms with Gasteiger partial charge in [-0.3, -0.25) is 0 Å². The molecule has 1 saturated heterocycles. The summed E-state index contributed by atoms with van der Waals surface area (Å²) >= 11 is 0. The number of hydrogen-bond donors (Lipinski definition) is 0. The Bertz CT molecular complexity index is 182. The molecular formula is C16H30O. The van der Waals surface area contributed by atoms with Crippen molar-refractivity contribution in [3.63, 3.8) is 0 Å². The zero-order valence-electron chi connectivity index (χ0n) is 11.6. The summed E-state index contributed by atoms with van der Waals surface area (Å²) in [6.07, 6.45) is 20.5. The van der Waals surface area contributed by atoms with Gasteiger partial charge in [0.1, 0.15) is 0 Å². The molecule has 1 aliphatic heterocycles. The van der Waals surface area contributed by atoms with Crippen LogP contribution in [0.5, 0.6) is 0 Å². The van der Waals surface area contributed by atoms with Crippen molar-refractivity contribution >= 4 is 0 Å². The van der Waals surface area contributed by atoms with Gasteiger partial charge in [-0.2, -0.15) is 0 Å². The van der Waals surface area contributed by atoms with Gasteiger partial charge >= 0.3 is 0 Å². The zero-order valence-corrected chi connectivity index (χ0v) is 11.6. The Morgan fingerprint density at radius 2 is 1.41 bits per heavy atom. The van der Waals surface area contributed by atoms with E-state index in [0.717, 1.165) is 6.61 Å². The van der Waals surface area contributed by atoms with Crippen LogP contribution in [-0.4, -0.2) is 12.7 Å². The van der Waals surface area contributed by atoms with Crippen molar-refractivity contribution in [2.45, 2.75) is 83.7 Å². The van der Waals surface area contributed by atoms with Gasteiger partial charge in [-0.1, -0.05) is 76.9 Å². The van der Waals surface area contributed by atoms with Crippen LogP contribution >= 0.6 is 0 Å². The highest BCUT2D eigenvalue weighted by molar-refractivity contribution is 4.95. The molecule has 0 aromatic carbocycles. The summed E-state index contributed by atoms with van der Waals surface area (Å²) in [5.74, 6) is 0. The molecule has 1 aliphatic rings. The van der Waals surface area contributed by atoms with E-state index in [1.807, 2.05) is 0 Å². The van der Waals surface area contributed by atoms with Gasteiger partial charge in [0.25, 0.3) is 0 Å². The van der Waals surface area contributed by atoms with E-state index in [1.165, 1.54) is 70.6 Å². The smallest absolute Gasteiger partial charge is 0.0991 e. The first-order valence-electron chi connectivity index (χ1n) is 7.71. The Labute approximate surface area is 108 Å². The third kappa shape index (κ3) is 10.6. The van der Waals surface area contributed by atoms with Crippen molar-refractivity contribution < 1.29 is 4.74 Å². The lowest BCUT2D eigenvalue weighted by Gasteiger charge is -2.01. The van der Waals surface area contributed by atoms with Crippen LogP contribution in [0.15, 0.2) is 12.2 Å². The fraction of sp³-hybridized carbons (Fsp3) is 0.875. The quantitative estimate of drug-likeness (QED) is 0.257. The van der Waals surface area contributed by atoms with E-state index in [2.05, 4.69) is 19.1 Å². The number of ether oxygens (including phenoxy) is 1. The van der Waals surface area contributed by atoms with Gasteiger partial charge in [-0.25, -0.2) is 0 Å². The first kappa shape index (κ1) is 14.8. The molecule has 0 amide bonds. The summed E-state index contributed by atoms with van der Waals surface area (Å²) in [4.78, 5) is 0. The molecule has 1 rings (SSSR count). The van der Waals surface area contributed by atoms with E-state index < -0.39 is 0 Å². The molecule has 0 spiro atoms. The highest BCUT2D eigenvalue weighted by atomic mass is 16.6. The minimum Gasteiger partial charge on any atom is -0.369 e. The summed E-state index contributed by atoms with van der Waals surface area (Å²) < 4.78 is 5.12. The molecule has 1 nitrogen and oxygen atoms in total. The van der Waals surface area contributed by atoms with Crippen LogP contribution in [-0.2, 0) is 4.74 Å². The Morgan fingerprint density at radius 1 is 0.882 bits per heavy atom. The molecule has 17 heavy (non-hydrogen) atoms. The van der Waals surface area contributed by atoms with E-state index in [0.29, 0.717) is 6.10 Å². The fourth-order valence-electron chi connectivity index (χ4n) is 2.16. The van der Waals surface area contributed by atoms with Crippen molar-refractivity contribution in [2.75, 3.05) is 6.61 Å². The standard InChI is InChI=1S/C16H30O/c1-2-3-4-5-6-7-8-9-10-11-12-13-14-16-15-17-16/h13-14,16H,2-12,15H2,1H3. The molecule has 0 aromatic heterocycles. The van der Waals surface area contributed by atoms with E-state index in [-0.39, 0.29) is 0 Å². The molecule has 1 atom stereocenters. The average molecular weight is 238 g/mol. The van der Waals surface area contributed by atoms with E-state index in [1.54, 1.807) is 0 Å². The molecule has 0 bridgehead atoms. The number of unbranched alkanes of at least 4 members (excludes halogenated alkanes) is 10. The first-order chi connectivity index (χ1) is 8.43. The molecule has 0 radical (unpaired) electrons. The summed E-state index contributed by atoms with van der Waals surface area (Å²) in [6, 6.07) is 0. The molecule has 0 aliphatic carbocycles. The fourth-order valence-corrected chi connectivity index (χ4v) is 2.16. The Morgan fingerprint density at radius 3 is 1.94 bits per heavy atom. The van der Waals surface area contributed by atoms with Crippen molar-refractivity contribution in [3.05, 3.63) is 12.2 Å². The molecular weight excluding hydrogens is 208 g/mol. The third-order valence-corrected chi connectivity index (χ3v) is 3.43. The van der Waals surface area contributed by atoms with E-state index >= 15 is 0 Å². The Hall–Kier alpha value is -0.300. The van der Waals surface area contributed by atoms with E-state index in [4.69, 9.17) is 4.74 Å². The predicted molar refractivity (Wildman–Crippen MR) is 75.3 cm³/mol. The molecule has 0 saturated carbocycles. The van der Waals surface area contributed by atoms with Gasteiger partial charge < -0.3 is 4.74 Å². The molecule has 1 heterocycles. The largest absolute Gasteiger partial charge is 0.369 e. The number of allylic oxidation sites excluding steroid dienone is 1. The van der Waals surface area contributed by atoms with Gasteiger partial charge in [0, 0.05) is 0 Å². The monoisotopic (exact) mass is 238 g/mol. The maximum atomic E-state index is 5.12. The minimum atomic E-state index is 0.470. The lowest BCUT2D eigenvalue weighted by Crippen LogP contribution is -1.81. The predicted octanol–water partition coefficient (Wildman–Crippen LogP) is 5.25. The topological polar surface area (TPSA) is 12.5 Å².